The third kappa shape index (κ3) is 1.47. The van der Waals surface area contributed by atoms with Crippen molar-refractivity contribution in [2.45, 2.75) is 0 Å². The molecule has 5 nitrogen and oxygen atoms in total. The van der Waals surface area contributed by atoms with Crippen LogP contribution in [0.1, 0.15) is 10.5 Å². The van der Waals surface area contributed by atoms with Gasteiger partial charge in [-0.25, -0.2) is 14.8 Å². The fraction of sp³-hybridized carbons (Fsp3) is 0. The average molecular weight is 190 g/mol. The van der Waals surface area contributed by atoms with Crippen molar-refractivity contribution >= 4 is 5.97 Å². The van der Waals surface area contributed by atoms with E-state index in [0.29, 0.717) is 11.4 Å². The first-order valence-electron chi connectivity index (χ1n) is 3.86. The van der Waals surface area contributed by atoms with Gasteiger partial charge < -0.3 is 9.52 Å². The molecule has 70 valence electrons. The summed E-state index contributed by atoms with van der Waals surface area (Å²) in [5.74, 6) is -1.06. The van der Waals surface area contributed by atoms with Crippen LogP contribution >= 0.6 is 0 Å². The Hall–Kier alpha value is -2.17. The van der Waals surface area contributed by atoms with Crippen LogP contribution in [-0.4, -0.2) is 21.0 Å². The molecule has 2 rings (SSSR count). The lowest BCUT2D eigenvalue weighted by Gasteiger charge is -1.96. The monoisotopic (exact) mass is 190 g/mol. The minimum Gasteiger partial charge on any atom is -0.477 e. The number of carboxylic acid groups (broad SMARTS) is 1. The molecule has 0 radical (unpaired) electrons. The zero-order valence-electron chi connectivity index (χ0n) is 7.04. The van der Waals surface area contributed by atoms with Gasteiger partial charge in [0.1, 0.15) is 17.7 Å². The van der Waals surface area contributed by atoms with Gasteiger partial charge >= 0.3 is 5.97 Å². The Bertz CT molecular complexity index is 451. The predicted molar refractivity (Wildman–Crippen MR) is 46.7 cm³/mol. The van der Waals surface area contributed by atoms with Crippen LogP contribution in [0.25, 0.3) is 11.4 Å². The van der Waals surface area contributed by atoms with Crippen molar-refractivity contribution < 1.29 is 14.3 Å². The molecule has 0 spiro atoms. The van der Waals surface area contributed by atoms with E-state index in [0.717, 1.165) is 0 Å². The smallest absolute Gasteiger partial charge is 0.354 e. The van der Waals surface area contributed by atoms with Crippen LogP contribution in [0.4, 0.5) is 0 Å². The number of oxazole rings is 1. The predicted octanol–water partition coefficient (Wildman–Crippen LogP) is 1.43. The highest BCUT2D eigenvalue weighted by molar-refractivity contribution is 5.85. The molecule has 5 heteroatoms. The number of rotatable bonds is 2. The number of carbonyl (C=O) groups is 1. The summed E-state index contributed by atoms with van der Waals surface area (Å²) in [6.45, 7) is 0. The number of hydrogen-bond donors (Lipinski definition) is 1. The lowest BCUT2D eigenvalue weighted by atomic mass is 10.2. The molecule has 0 aliphatic carbocycles. The molecule has 0 aliphatic heterocycles. The van der Waals surface area contributed by atoms with Gasteiger partial charge in [0.2, 0.25) is 0 Å². The van der Waals surface area contributed by atoms with E-state index in [1.165, 1.54) is 18.7 Å². The van der Waals surface area contributed by atoms with E-state index >= 15 is 0 Å². The van der Waals surface area contributed by atoms with E-state index in [2.05, 4.69) is 9.97 Å². The maximum absolute atomic E-state index is 10.6. The number of pyridine rings is 1. The first kappa shape index (κ1) is 8.43. The van der Waals surface area contributed by atoms with Gasteiger partial charge in [-0.1, -0.05) is 6.07 Å². The topological polar surface area (TPSA) is 76.2 Å². The molecule has 0 aromatic carbocycles. The Labute approximate surface area is 79.0 Å². The van der Waals surface area contributed by atoms with Crippen molar-refractivity contribution in [3.05, 3.63) is 36.5 Å². The van der Waals surface area contributed by atoms with E-state index in [-0.39, 0.29) is 5.69 Å². The summed E-state index contributed by atoms with van der Waals surface area (Å²) in [4.78, 5) is 18.4. The summed E-state index contributed by atoms with van der Waals surface area (Å²) < 4.78 is 4.77. The molecule has 0 bridgehead atoms. The van der Waals surface area contributed by atoms with E-state index in [1.54, 1.807) is 12.1 Å². The first-order chi connectivity index (χ1) is 6.77. The molecule has 0 saturated carbocycles. The minimum absolute atomic E-state index is 0.00880. The first-order valence-corrected chi connectivity index (χ1v) is 3.86. The third-order valence-electron chi connectivity index (χ3n) is 1.66. The molecular weight excluding hydrogens is 184 g/mol. The molecule has 14 heavy (non-hydrogen) atoms. The molecule has 0 saturated heterocycles. The van der Waals surface area contributed by atoms with Crippen LogP contribution in [0.2, 0.25) is 0 Å². The molecule has 1 N–H and O–H groups in total. The number of hydrogen-bond acceptors (Lipinski definition) is 4. The number of aromatic carboxylic acids is 1. The summed E-state index contributed by atoms with van der Waals surface area (Å²) in [6, 6.07) is 4.71. The van der Waals surface area contributed by atoms with Gasteiger partial charge in [-0.3, -0.25) is 0 Å². The van der Waals surface area contributed by atoms with Crippen molar-refractivity contribution in [3.63, 3.8) is 0 Å². The second kappa shape index (κ2) is 3.29. The van der Waals surface area contributed by atoms with Crippen LogP contribution < -0.4 is 0 Å². The molecule has 2 aromatic heterocycles. The van der Waals surface area contributed by atoms with E-state index in [1.807, 2.05) is 0 Å². The summed E-state index contributed by atoms with van der Waals surface area (Å²) in [7, 11) is 0. The lowest BCUT2D eigenvalue weighted by Crippen LogP contribution is -2.00. The van der Waals surface area contributed by atoms with Crippen molar-refractivity contribution in [1.82, 2.24) is 9.97 Å². The summed E-state index contributed by atoms with van der Waals surface area (Å²) in [5.41, 5.74) is 0.997. The highest BCUT2D eigenvalue weighted by Crippen LogP contribution is 2.13. The Morgan fingerprint density at radius 3 is 2.86 bits per heavy atom. The zero-order chi connectivity index (χ0) is 9.97. The molecule has 0 unspecified atom stereocenters. The van der Waals surface area contributed by atoms with Crippen LogP contribution in [0.5, 0.6) is 0 Å². The normalized spacial score (nSPS) is 10.0. The Balaban J connectivity index is 2.46. The Kier molecular flexibility index (Phi) is 1.98. The van der Waals surface area contributed by atoms with E-state index in [9.17, 15) is 4.79 Å². The SMILES string of the molecule is O=C(O)c1cccc(-c2cocn2)n1. The number of nitrogens with zero attached hydrogens (tertiary/aromatic N) is 2. The average Bonchev–Trinajstić information content (AvgIpc) is 2.71. The maximum atomic E-state index is 10.6. The van der Waals surface area contributed by atoms with Crippen molar-refractivity contribution in [3.8, 4) is 11.4 Å². The standard InChI is InChI=1S/C9H6N2O3/c12-9(13)7-3-1-2-6(11-7)8-4-14-5-10-8/h1-5H,(H,12,13). The van der Waals surface area contributed by atoms with Crippen LogP contribution in [0, 0.1) is 0 Å². The summed E-state index contributed by atoms with van der Waals surface area (Å²) in [5, 5.41) is 8.70. The fourth-order valence-electron chi connectivity index (χ4n) is 1.04. The van der Waals surface area contributed by atoms with Crippen LogP contribution in [-0.2, 0) is 0 Å². The van der Waals surface area contributed by atoms with Gasteiger partial charge in [-0.15, -0.1) is 0 Å². The van der Waals surface area contributed by atoms with Gasteiger partial charge in [0.25, 0.3) is 0 Å². The molecule has 0 aliphatic rings. The molecule has 0 amide bonds. The number of carboxylic acids is 1. The highest BCUT2D eigenvalue weighted by Gasteiger charge is 2.07. The quantitative estimate of drug-likeness (QED) is 0.775. The molecule has 2 heterocycles. The molecular formula is C9H6N2O3. The van der Waals surface area contributed by atoms with Gasteiger partial charge in [0.15, 0.2) is 6.39 Å². The van der Waals surface area contributed by atoms with Gasteiger partial charge in [0, 0.05) is 0 Å². The Morgan fingerprint density at radius 1 is 1.36 bits per heavy atom. The van der Waals surface area contributed by atoms with E-state index in [4.69, 9.17) is 9.52 Å². The summed E-state index contributed by atoms with van der Waals surface area (Å²) >= 11 is 0. The number of aromatic nitrogens is 2. The van der Waals surface area contributed by atoms with Crippen LogP contribution in [0.15, 0.2) is 35.3 Å². The van der Waals surface area contributed by atoms with Gasteiger partial charge in [-0.05, 0) is 12.1 Å². The van der Waals surface area contributed by atoms with Crippen molar-refractivity contribution in [2.75, 3.05) is 0 Å². The van der Waals surface area contributed by atoms with Crippen molar-refractivity contribution in [2.24, 2.45) is 0 Å². The minimum atomic E-state index is -1.06. The molecule has 0 atom stereocenters. The second-order valence-corrected chi connectivity index (χ2v) is 2.59. The largest absolute Gasteiger partial charge is 0.477 e. The summed E-state index contributed by atoms with van der Waals surface area (Å²) in [6.07, 6.45) is 2.68. The Morgan fingerprint density at radius 2 is 2.21 bits per heavy atom. The lowest BCUT2D eigenvalue weighted by molar-refractivity contribution is 0.0690. The second-order valence-electron chi connectivity index (χ2n) is 2.59. The van der Waals surface area contributed by atoms with Crippen LogP contribution in [0.3, 0.4) is 0 Å². The van der Waals surface area contributed by atoms with Gasteiger partial charge in [0.05, 0.1) is 5.69 Å². The highest BCUT2D eigenvalue weighted by atomic mass is 16.4. The third-order valence-corrected chi connectivity index (χ3v) is 1.66. The molecule has 0 fully saturated rings. The molecule has 2 aromatic rings. The zero-order valence-corrected chi connectivity index (χ0v) is 7.04. The van der Waals surface area contributed by atoms with Gasteiger partial charge in [-0.2, -0.15) is 0 Å². The van der Waals surface area contributed by atoms with E-state index < -0.39 is 5.97 Å². The maximum Gasteiger partial charge on any atom is 0.354 e. The van der Waals surface area contributed by atoms with Crippen molar-refractivity contribution in [1.29, 1.82) is 0 Å². The fourth-order valence-corrected chi connectivity index (χ4v) is 1.04.